The lowest BCUT2D eigenvalue weighted by atomic mass is 10.0. The van der Waals surface area contributed by atoms with Gasteiger partial charge in [-0.05, 0) is 55.8 Å². The number of aromatic nitrogens is 5. The molecular formula is C25H22F2N6O2S. The molecule has 0 saturated heterocycles. The minimum Gasteiger partial charge on any atom is -0.284 e. The minimum absolute atomic E-state index is 0.122. The fourth-order valence-corrected chi connectivity index (χ4v) is 4.47. The third-order valence-electron chi connectivity index (χ3n) is 5.59. The van der Waals surface area contributed by atoms with Crippen molar-refractivity contribution < 1.29 is 17.2 Å². The molecule has 0 radical (unpaired) electrons. The second kappa shape index (κ2) is 8.83. The van der Waals surface area contributed by atoms with E-state index in [1.165, 1.54) is 12.1 Å². The molecule has 8 nitrogen and oxygen atoms in total. The van der Waals surface area contributed by atoms with Crippen molar-refractivity contribution in [1.29, 1.82) is 0 Å². The van der Waals surface area contributed by atoms with Crippen LogP contribution >= 0.6 is 0 Å². The number of fused-ring (bicyclic) bond motifs is 1. The fourth-order valence-electron chi connectivity index (χ4n) is 3.92. The zero-order valence-electron chi connectivity index (χ0n) is 19.6. The van der Waals surface area contributed by atoms with Gasteiger partial charge in [-0.2, -0.15) is 5.10 Å². The number of hydrogen-bond donors (Lipinski definition) is 1. The monoisotopic (exact) mass is 508 g/mol. The van der Waals surface area contributed by atoms with E-state index in [0.717, 1.165) is 29.5 Å². The molecule has 11 heteroatoms. The van der Waals surface area contributed by atoms with Crippen LogP contribution < -0.4 is 4.72 Å². The van der Waals surface area contributed by atoms with E-state index in [0.29, 0.717) is 22.4 Å². The topological polar surface area (TPSA) is 94.7 Å². The first kappa shape index (κ1) is 23.6. The molecule has 36 heavy (non-hydrogen) atoms. The zero-order valence-corrected chi connectivity index (χ0v) is 20.5. The highest BCUT2D eigenvalue weighted by Gasteiger charge is 2.15. The van der Waals surface area contributed by atoms with Gasteiger partial charge in [0.05, 0.1) is 23.8 Å². The van der Waals surface area contributed by atoms with Crippen LogP contribution in [0, 0.1) is 11.6 Å². The Balaban J connectivity index is 1.62. The lowest BCUT2D eigenvalue weighted by Crippen LogP contribution is -2.10. The molecule has 3 heterocycles. The van der Waals surface area contributed by atoms with E-state index in [1.807, 2.05) is 30.8 Å². The van der Waals surface area contributed by atoms with Crippen LogP contribution in [-0.4, -0.2) is 39.0 Å². The Bertz CT molecular complexity index is 1710. The Morgan fingerprint density at radius 3 is 2.44 bits per heavy atom. The second-order valence-corrected chi connectivity index (χ2v) is 10.5. The number of benzene rings is 2. The molecular weight excluding hydrogens is 486 g/mol. The van der Waals surface area contributed by atoms with Crippen molar-refractivity contribution >= 4 is 26.9 Å². The molecule has 0 aliphatic rings. The van der Waals surface area contributed by atoms with Gasteiger partial charge in [0.2, 0.25) is 10.0 Å². The van der Waals surface area contributed by atoms with E-state index in [2.05, 4.69) is 19.8 Å². The number of sulfonamides is 1. The summed E-state index contributed by atoms with van der Waals surface area (Å²) in [5.41, 5.74) is 4.08. The van der Waals surface area contributed by atoms with Crippen molar-refractivity contribution in [2.24, 2.45) is 0 Å². The van der Waals surface area contributed by atoms with Crippen LogP contribution in [0.5, 0.6) is 0 Å². The number of nitrogens with zero attached hydrogens (tertiary/aromatic N) is 5. The van der Waals surface area contributed by atoms with E-state index < -0.39 is 21.7 Å². The van der Waals surface area contributed by atoms with Crippen molar-refractivity contribution in [3.63, 3.8) is 0 Å². The summed E-state index contributed by atoms with van der Waals surface area (Å²) in [5, 5.41) is 4.37. The summed E-state index contributed by atoms with van der Waals surface area (Å²) in [6.07, 6.45) is 8.00. The first-order chi connectivity index (χ1) is 17.1. The summed E-state index contributed by atoms with van der Waals surface area (Å²) in [4.78, 5) is 9.05. The highest BCUT2D eigenvalue weighted by Crippen LogP contribution is 2.31. The predicted octanol–water partition coefficient (Wildman–Crippen LogP) is 5.18. The molecule has 3 aromatic heterocycles. The summed E-state index contributed by atoms with van der Waals surface area (Å²) >= 11 is 0. The predicted molar refractivity (Wildman–Crippen MR) is 134 cm³/mol. The first-order valence-electron chi connectivity index (χ1n) is 11.0. The molecule has 0 amide bonds. The Morgan fingerprint density at radius 1 is 0.944 bits per heavy atom. The third-order valence-corrected chi connectivity index (χ3v) is 6.20. The third kappa shape index (κ3) is 4.69. The van der Waals surface area contributed by atoms with Crippen molar-refractivity contribution in [3.8, 4) is 27.9 Å². The molecule has 1 N–H and O–H groups in total. The van der Waals surface area contributed by atoms with Crippen molar-refractivity contribution in [1.82, 2.24) is 24.3 Å². The molecule has 0 bridgehead atoms. The molecule has 0 aliphatic heterocycles. The fraction of sp³-hybridized carbons (Fsp3) is 0.160. The molecule has 0 spiro atoms. The van der Waals surface area contributed by atoms with Crippen LogP contribution in [-0.2, 0) is 10.0 Å². The Kier molecular flexibility index (Phi) is 5.79. The standard InChI is InChI=1S/C25H22F2N6O2S/c1-15(2)33-13-18(12-30-33)17-8-24-25(28-11-17)32(14-29-24)21-7-16(6-20(10-21)31-36(3,34)35)22-5-4-19(26)9-23(22)27/h4-15,31H,1-3H3. The number of nitrogens with one attached hydrogen (secondary N) is 1. The van der Waals surface area contributed by atoms with Crippen LogP contribution in [0.25, 0.3) is 39.1 Å². The number of halogens is 2. The molecule has 0 aliphatic carbocycles. The van der Waals surface area contributed by atoms with Gasteiger partial charge in [0.1, 0.15) is 23.5 Å². The molecule has 184 valence electrons. The van der Waals surface area contributed by atoms with Crippen molar-refractivity contribution in [3.05, 3.63) is 79.0 Å². The minimum atomic E-state index is -3.61. The average Bonchev–Trinajstić information content (AvgIpc) is 3.45. The molecule has 0 atom stereocenters. The van der Waals surface area contributed by atoms with Gasteiger partial charge in [0, 0.05) is 41.2 Å². The van der Waals surface area contributed by atoms with Crippen LogP contribution in [0.15, 0.2) is 67.4 Å². The lowest BCUT2D eigenvalue weighted by molar-refractivity contribution is 0.532. The second-order valence-electron chi connectivity index (χ2n) is 8.75. The largest absolute Gasteiger partial charge is 0.284 e. The number of imidazole rings is 1. The van der Waals surface area contributed by atoms with E-state index >= 15 is 0 Å². The summed E-state index contributed by atoms with van der Waals surface area (Å²) in [6.45, 7) is 4.08. The Hall–Kier alpha value is -4.12. The molecule has 0 unspecified atom stereocenters. The van der Waals surface area contributed by atoms with Crippen molar-refractivity contribution in [2.45, 2.75) is 19.9 Å². The maximum Gasteiger partial charge on any atom is 0.229 e. The molecule has 0 saturated carbocycles. The normalized spacial score (nSPS) is 11.9. The lowest BCUT2D eigenvalue weighted by Gasteiger charge is -2.13. The van der Waals surface area contributed by atoms with Crippen LogP contribution in [0.1, 0.15) is 19.9 Å². The Labute approximate surface area is 206 Å². The summed E-state index contributed by atoms with van der Waals surface area (Å²) in [5.74, 6) is -1.47. The Morgan fingerprint density at radius 2 is 1.75 bits per heavy atom. The van der Waals surface area contributed by atoms with Gasteiger partial charge in [-0.25, -0.2) is 27.2 Å². The van der Waals surface area contributed by atoms with Gasteiger partial charge in [-0.15, -0.1) is 0 Å². The zero-order chi connectivity index (χ0) is 25.6. The highest BCUT2D eigenvalue weighted by molar-refractivity contribution is 7.92. The molecule has 0 fully saturated rings. The average molecular weight is 509 g/mol. The van der Waals surface area contributed by atoms with Crippen LogP contribution in [0.2, 0.25) is 0 Å². The summed E-state index contributed by atoms with van der Waals surface area (Å²) < 4.78 is 57.8. The van der Waals surface area contributed by atoms with Crippen molar-refractivity contribution in [2.75, 3.05) is 11.0 Å². The molecule has 2 aromatic carbocycles. The smallest absolute Gasteiger partial charge is 0.229 e. The van der Waals surface area contributed by atoms with Gasteiger partial charge in [0.15, 0.2) is 5.65 Å². The van der Waals surface area contributed by atoms with E-state index in [9.17, 15) is 17.2 Å². The number of rotatable bonds is 6. The van der Waals surface area contributed by atoms with Gasteiger partial charge >= 0.3 is 0 Å². The van der Waals surface area contributed by atoms with Gasteiger partial charge in [0.25, 0.3) is 0 Å². The van der Waals surface area contributed by atoms with Gasteiger partial charge < -0.3 is 0 Å². The van der Waals surface area contributed by atoms with Crippen LogP contribution in [0.4, 0.5) is 14.5 Å². The first-order valence-corrected chi connectivity index (χ1v) is 12.9. The highest BCUT2D eigenvalue weighted by atomic mass is 32.2. The van der Waals surface area contributed by atoms with E-state index in [-0.39, 0.29) is 17.3 Å². The SMILES string of the molecule is CC(C)n1cc(-c2cnc3c(c2)ncn3-c2cc(NS(C)(=O)=O)cc(-c3ccc(F)cc3F)c2)cn1. The van der Waals surface area contributed by atoms with E-state index in [1.54, 1.807) is 35.4 Å². The maximum atomic E-state index is 14.6. The van der Waals surface area contributed by atoms with Gasteiger partial charge in [-0.1, -0.05) is 0 Å². The van der Waals surface area contributed by atoms with Crippen LogP contribution in [0.3, 0.4) is 0 Å². The summed E-state index contributed by atoms with van der Waals surface area (Å²) in [7, 11) is -3.61. The summed E-state index contributed by atoms with van der Waals surface area (Å²) in [6, 6.07) is 10.1. The van der Waals surface area contributed by atoms with Gasteiger partial charge in [-0.3, -0.25) is 14.0 Å². The van der Waals surface area contributed by atoms with E-state index in [4.69, 9.17) is 0 Å². The molecule has 5 aromatic rings. The number of pyridine rings is 1. The maximum absolute atomic E-state index is 14.6. The quantitative estimate of drug-likeness (QED) is 0.341. The number of hydrogen-bond acceptors (Lipinski definition) is 5. The number of anilines is 1. The molecule has 5 rings (SSSR count).